The van der Waals surface area contributed by atoms with Gasteiger partial charge in [0, 0.05) is 28.6 Å². The molecule has 0 unspecified atom stereocenters. The quantitative estimate of drug-likeness (QED) is 0.330. The molecule has 0 aliphatic rings. The maximum atomic E-state index is 5.50. The number of benzene rings is 3. The summed E-state index contributed by atoms with van der Waals surface area (Å²) >= 11 is 1.61. The van der Waals surface area contributed by atoms with E-state index in [-0.39, 0.29) is 0 Å². The minimum absolute atomic E-state index is 0.695. The second-order valence-corrected chi connectivity index (χ2v) is 8.12. The number of para-hydroxylation sites is 1. The molecule has 0 bridgehead atoms. The molecular weight excluding hydrogens is 422 g/mol. The molecule has 164 valence electrons. The average Bonchev–Trinajstić information content (AvgIpc) is 3.27. The lowest BCUT2D eigenvalue weighted by atomic mass is 10.1. The van der Waals surface area contributed by atoms with Crippen molar-refractivity contribution in [3.05, 3.63) is 77.9 Å². The van der Waals surface area contributed by atoms with Crippen LogP contribution in [0.25, 0.3) is 17.1 Å². The number of ether oxygens (including phenoxy) is 3. The number of thioether (sulfide) groups is 1. The van der Waals surface area contributed by atoms with E-state index in [0.29, 0.717) is 23.1 Å². The fourth-order valence-corrected chi connectivity index (χ4v) is 4.32. The van der Waals surface area contributed by atoms with Crippen LogP contribution in [0.3, 0.4) is 0 Å². The third-order valence-corrected chi connectivity index (χ3v) is 6.06. The van der Waals surface area contributed by atoms with E-state index in [1.54, 1.807) is 33.1 Å². The van der Waals surface area contributed by atoms with Crippen molar-refractivity contribution in [3.63, 3.8) is 0 Å². The third kappa shape index (κ3) is 4.57. The van der Waals surface area contributed by atoms with Gasteiger partial charge in [0.2, 0.25) is 0 Å². The highest BCUT2D eigenvalue weighted by Gasteiger charge is 2.18. The summed E-state index contributed by atoms with van der Waals surface area (Å²) in [6.45, 7) is 2.07. The Morgan fingerprint density at radius 2 is 1.50 bits per heavy atom. The van der Waals surface area contributed by atoms with Crippen molar-refractivity contribution in [2.45, 2.75) is 17.8 Å². The molecule has 0 atom stereocenters. The van der Waals surface area contributed by atoms with Gasteiger partial charge in [0.15, 0.2) is 11.0 Å². The summed E-state index contributed by atoms with van der Waals surface area (Å²) in [5, 5.41) is 9.86. The summed E-state index contributed by atoms with van der Waals surface area (Å²) in [4.78, 5) is 0. The van der Waals surface area contributed by atoms with Crippen molar-refractivity contribution in [3.8, 4) is 34.3 Å². The number of hydrogen-bond acceptors (Lipinski definition) is 6. The van der Waals surface area contributed by atoms with Gasteiger partial charge in [-0.2, -0.15) is 0 Å². The Morgan fingerprint density at radius 3 is 2.16 bits per heavy atom. The predicted octanol–water partition coefficient (Wildman–Crippen LogP) is 5.56. The second kappa shape index (κ2) is 9.78. The number of hydrogen-bond donors (Lipinski definition) is 0. The van der Waals surface area contributed by atoms with Crippen LogP contribution in [-0.4, -0.2) is 36.1 Å². The third-order valence-electron chi connectivity index (χ3n) is 5.08. The van der Waals surface area contributed by atoms with Gasteiger partial charge in [-0.05, 0) is 37.3 Å². The molecule has 0 saturated heterocycles. The highest BCUT2D eigenvalue weighted by molar-refractivity contribution is 7.98. The first kappa shape index (κ1) is 21.8. The van der Waals surface area contributed by atoms with Gasteiger partial charge in [-0.1, -0.05) is 47.7 Å². The lowest BCUT2D eigenvalue weighted by molar-refractivity contribution is 0.394. The van der Waals surface area contributed by atoms with Gasteiger partial charge in [0.25, 0.3) is 0 Å². The van der Waals surface area contributed by atoms with E-state index in [1.807, 2.05) is 36.4 Å². The van der Waals surface area contributed by atoms with Gasteiger partial charge in [-0.15, -0.1) is 10.2 Å². The first-order valence-corrected chi connectivity index (χ1v) is 11.1. The summed E-state index contributed by atoms with van der Waals surface area (Å²) in [6.07, 6.45) is 0. The second-order valence-electron chi connectivity index (χ2n) is 7.18. The predicted molar refractivity (Wildman–Crippen MR) is 127 cm³/mol. The van der Waals surface area contributed by atoms with E-state index >= 15 is 0 Å². The summed E-state index contributed by atoms with van der Waals surface area (Å²) in [7, 11) is 4.96. The van der Waals surface area contributed by atoms with Crippen molar-refractivity contribution in [1.29, 1.82) is 0 Å². The zero-order valence-electron chi connectivity index (χ0n) is 18.5. The number of aryl methyl sites for hydroxylation is 1. The zero-order valence-corrected chi connectivity index (χ0v) is 19.3. The summed E-state index contributed by atoms with van der Waals surface area (Å²) in [6, 6.07) is 22.0. The molecule has 0 fully saturated rings. The molecular formula is C25H25N3O3S. The Kier molecular flexibility index (Phi) is 6.66. The van der Waals surface area contributed by atoms with Crippen molar-refractivity contribution >= 4 is 11.8 Å². The lowest BCUT2D eigenvalue weighted by Gasteiger charge is -2.13. The molecule has 7 heteroatoms. The maximum Gasteiger partial charge on any atom is 0.196 e. The fourth-order valence-electron chi connectivity index (χ4n) is 3.38. The van der Waals surface area contributed by atoms with Crippen LogP contribution in [0, 0.1) is 6.92 Å². The lowest BCUT2D eigenvalue weighted by Crippen LogP contribution is -2.01. The molecule has 32 heavy (non-hydrogen) atoms. The highest BCUT2D eigenvalue weighted by Crippen LogP contribution is 2.34. The largest absolute Gasteiger partial charge is 0.497 e. The molecule has 0 saturated carbocycles. The molecule has 0 spiro atoms. The van der Waals surface area contributed by atoms with Gasteiger partial charge in [0.05, 0.1) is 21.3 Å². The minimum Gasteiger partial charge on any atom is -0.497 e. The van der Waals surface area contributed by atoms with Crippen LogP contribution in [0.2, 0.25) is 0 Å². The Bertz CT molecular complexity index is 1180. The molecule has 4 aromatic rings. The highest BCUT2D eigenvalue weighted by atomic mass is 32.2. The van der Waals surface area contributed by atoms with Crippen molar-refractivity contribution in [2.75, 3.05) is 21.3 Å². The SMILES string of the molecule is COc1cc(OC)cc(-c2nnc(SCc3ccccc3OC)n2-c2ccc(C)cc2)c1. The Morgan fingerprint density at radius 1 is 0.812 bits per heavy atom. The van der Waals surface area contributed by atoms with Gasteiger partial charge in [-0.25, -0.2) is 0 Å². The average molecular weight is 448 g/mol. The van der Waals surface area contributed by atoms with Gasteiger partial charge in [-0.3, -0.25) is 4.57 Å². The fraction of sp³-hybridized carbons (Fsp3) is 0.200. The van der Waals surface area contributed by atoms with Crippen molar-refractivity contribution < 1.29 is 14.2 Å². The Balaban J connectivity index is 1.78. The standard InChI is InChI=1S/C25H25N3O3S/c1-17-9-11-20(12-10-17)28-24(19-13-21(29-2)15-22(14-19)30-3)26-27-25(28)32-16-18-7-5-6-8-23(18)31-4/h5-15H,16H2,1-4H3. The van der Waals surface area contributed by atoms with Crippen LogP contribution < -0.4 is 14.2 Å². The Hall–Kier alpha value is -3.45. The molecule has 0 radical (unpaired) electrons. The monoisotopic (exact) mass is 447 g/mol. The van der Waals surface area contributed by atoms with E-state index in [1.165, 1.54) is 5.56 Å². The molecule has 3 aromatic carbocycles. The van der Waals surface area contributed by atoms with Crippen LogP contribution in [-0.2, 0) is 5.75 Å². The topological polar surface area (TPSA) is 58.4 Å². The van der Waals surface area contributed by atoms with E-state index < -0.39 is 0 Å². The van der Waals surface area contributed by atoms with Crippen LogP contribution in [0.15, 0.2) is 71.9 Å². The van der Waals surface area contributed by atoms with Crippen molar-refractivity contribution in [1.82, 2.24) is 14.8 Å². The molecule has 0 aliphatic heterocycles. The molecule has 4 rings (SSSR count). The molecule has 0 N–H and O–H groups in total. The van der Waals surface area contributed by atoms with Crippen LogP contribution >= 0.6 is 11.8 Å². The normalized spacial score (nSPS) is 10.8. The molecule has 0 amide bonds. The maximum absolute atomic E-state index is 5.50. The molecule has 1 aromatic heterocycles. The van der Waals surface area contributed by atoms with Crippen LogP contribution in [0.5, 0.6) is 17.2 Å². The van der Waals surface area contributed by atoms with Gasteiger partial charge in [0.1, 0.15) is 17.2 Å². The molecule has 1 heterocycles. The zero-order chi connectivity index (χ0) is 22.5. The number of nitrogens with zero attached hydrogens (tertiary/aromatic N) is 3. The number of rotatable bonds is 8. The summed E-state index contributed by atoms with van der Waals surface area (Å²) in [5.41, 5.74) is 4.14. The minimum atomic E-state index is 0.695. The van der Waals surface area contributed by atoms with Crippen molar-refractivity contribution in [2.24, 2.45) is 0 Å². The first-order chi connectivity index (χ1) is 15.6. The number of aromatic nitrogens is 3. The first-order valence-electron chi connectivity index (χ1n) is 10.1. The van der Waals surface area contributed by atoms with Gasteiger partial charge < -0.3 is 14.2 Å². The number of methoxy groups -OCH3 is 3. The van der Waals surface area contributed by atoms with Gasteiger partial charge >= 0.3 is 0 Å². The van der Waals surface area contributed by atoms with E-state index in [4.69, 9.17) is 14.2 Å². The Labute approximate surface area is 192 Å². The summed E-state index contributed by atoms with van der Waals surface area (Å²) < 4.78 is 18.5. The van der Waals surface area contributed by atoms with Crippen LogP contribution in [0.1, 0.15) is 11.1 Å². The van der Waals surface area contributed by atoms with E-state index in [9.17, 15) is 0 Å². The molecule has 0 aliphatic carbocycles. The van der Waals surface area contributed by atoms with Crippen LogP contribution in [0.4, 0.5) is 0 Å². The smallest absolute Gasteiger partial charge is 0.196 e. The van der Waals surface area contributed by atoms with E-state index in [2.05, 4.69) is 52.0 Å². The molecule has 6 nitrogen and oxygen atoms in total. The summed E-state index contributed by atoms with van der Waals surface area (Å²) in [5.74, 6) is 3.67. The van der Waals surface area contributed by atoms with E-state index in [0.717, 1.165) is 27.7 Å².